The lowest BCUT2D eigenvalue weighted by molar-refractivity contribution is -0.142. The first-order chi connectivity index (χ1) is 16.0. The molecule has 6 nitrogen and oxygen atoms in total. The van der Waals surface area contributed by atoms with Gasteiger partial charge in [0.2, 0.25) is 0 Å². The van der Waals surface area contributed by atoms with E-state index in [0.29, 0.717) is 18.4 Å². The van der Waals surface area contributed by atoms with Gasteiger partial charge in [0.15, 0.2) is 0 Å². The molecule has 33 heavy (non-hydrogen) atoms. The summed E-state index contributed by atoms with van der Waals surface area (Å²) in [6, 6.07) is 17.7. The van der Waals surface area contributed by atoms with E-state index in [1.165, 1.54) is 5.69 Å². The van der Waals surface area contributed by atoms with Gasteiger partial charge < -0.3 is 14.9 Å². The van der Waals surface area contributed by atoms with Gasteiger partial charge in [-0.25, -0.2) is 4.79 Å². The van der Waals surface area contributed by atoms with Gasteiger partial charge in [-0.15, -0.1) is 0 Å². The van der Waals surface area contributed by atoms with Crippen molar-refractivity contribution in [3.05, 3.63) is 60.3 Å². The largest absolute Gasteiger partial charge is 0.508 e. The average Bonchev–Trinajstić information content (AvgIpc) is 3.18. The zero-order chi connectivity index (χ0) is 23.2. The maximum atomic E-state index is 10.7. The number of hydrogen-bond donors (Lipinski definition) is 2. The quantitative estimate of drug-likeness (QED) is 0.458. The summed E-state index contributed by atoms with van der Waals surface area (Å²) in [6.45, 7) is 3.34. The second-order valence-corrected chi connectivity index (χ2v) is 8.92. The zero-order valence-corrected chi connectivity index (χ0v) is 19.1. The third-order valence-corrected chi connectivity index (χ3v) is 6.55. The van der Waals surface area contributed by atoms with Gasteiger partial charge in [0.25, 0.3) is 0 Å². The van der Waals surface area contributed by atoms with Crippen LogP contribution in [0.15, 0.2) is 54.6 Å². The van der Waals surface area contributed by atoms with E-state index in [1.54, 1.807) is 6.07 Å². The standard InChI is InChI=1S/C27H32N2O4/c1-2-24-26(22-9-6-10-23(30)15-22)27(21-7-4-3-5-8-21)28-29(24)16-19-11-13-20(14-12-19)17-33-18-25(31)32/h3-10,15,19-20,30H,2,11-14,16-18H2,1H3,(H,31,32)/t19-,20-. The Kier molecular flexibility index (Phi) is 7.45. The molecule has 2 N–H and O–H groups in total. The van der Waals surface area contributed by atoms with E-state index >= 15 is 0 Å². The Morgan fingerprint density at radius 1 is 1.03 bits per heavy atom. The first kappa shape index (κ1) is 23.1. The first-order valence-electron chi connectivity index (χ1n) is 11.8. The van der Waals surface area contributed by atoms with Gasteiger partial charge in [-0.3, -0.25) is 4.68 Å². The molecule has 4 rings (SSSR count). The number of rotatable bonds is 9. The Hall–Kier alpha value is -3.12. The second-order valence-electron chi connectivity index (χ2n) is 8.92. The van der Waals surface area contributed by atoms with Crippen molar-refractivity contribution in [2.75, 3.05) is 13.2 Å². The van der Waals surface area contributed by atoms with Gasteiger partial charge in [0.05, 0.1) is 6.61 Å². The van der Waals surface area contributed by atoms with E-state index in [4.69, 9.17) is 14.9 Å². The highest BCUT2D eigenvalue weighted by Gasteiger charge is 2.25. The lowest BCUT2D eigenvalue weighted by Crippen LogP contribution is -2.23. The molecule has 0 amide bonds. The fraction of sp³-hybridized carbons (Fsp3) is 0.407. The van der Waals surface area contributed by atoms with E-state index in [0.717, 1.165) is 61.0 Å². The summed E-state index contributed by atoms with van der Waals surface area (Å²) in [6.07, 6.45) is 5.14. The smallest absolute Gasteiger partial charge is 0.329 e. The van der Waals surface area contributed by atoms with Crippen LogP contribution < -0.4 is 0 Å². The molecular formula is C27H32N2O4. The van der Waals surface area contributed by atoms with Crippen LogP contribution in [0.1, 0.15) is 38.3 Å². The van der Waals surface area contributed by atoms with Gasteiger partial charge in [0.1, 0.15) is 18.1 Å². The highest BCUT2D eigenvalue weighted by molar-refractivity contribution is 5.83. The van der Waals surface area contributed by atoms with Crippen LogP contribution in [0.4, 0.5) is 0 Å². The lowest BCUT2D eigenvalue weighted by atomic mass is 9.82. The van der Waals surface area contributed by atoms with Crippen LogP contribution in [0.2, 0.25) is 0 Å². The predicted octanol–water partition coefficient (Wildman–Crippen LogP) is 5.39. The molecule has 2 aromatic carbocycles. The van der Waals surface area contributed by atoms with Crippen molar-refractivity contribution >= 4 is 5.97 Å². The Labute approximate surface area is 194 Å². The van der Waals surface area contributed by atoms with Gasteiger partial charge in [-0.2, -0.15) is 5.10 Å². The molecule has 0 saturated heterocycles. The number of aliphatic carboxylic acids is 1. The summed E-state index contributed by atoms with van der Waals surface area (Å²) in [5, 5.41) is 24.0. The zero-order valence-electron chi connectivity index (χ0n) is 19.1. The maximum Gasteiger partial charge on any atom is 0.329 e. The number of carboxylic acid groups (broad SMARTS) is 1. The molecule has 0 atom stereocenters. The van der Waals surface area contributed by atoms with Crippen molar-refractivity contribution in [1.82, 2.24) is 9.78 Å². The van der Waals surface area contributed by atoms with E-state index in [-0.39, 0.29) is 12.4 Å². The third-order valence-electron chi connectivity index (χ3n) is 6.55. The molecule has 174 valence electrons. The molecule has 0 spiro atoms. The van der Waals surface area contributed by atoms with Crippen molar-refractivity contribution < 1.29 is 19.7 Å². The fourth-order valence-electron chi connectivity index (χ4n) is 4.91. The van der Waals surface area contributed by atoms with E-state index in [9.17, 15) is 9.90 Å². The SMILES string of the molecule is CCc1c(-c2cccc(O)c2)c(-c2ccccc2)nn1C[C@H]1CC[C@H](COCC(=O)O)CC1. The molecule has 1 aliphatic rings. The van der Waals surface area contributed by atoms with Crippen LogP contribution in [0.3, 0.4) is 0 Å². The topological polar surface area (TPSA) is 84.6 Å². The number of aromatic nitrogens is 2. The van der Waals surface area contributed by atoms with E-state index in [2.05, 4.69) is 23.7 Å². The number of carbonyl (C=O) groups is 1. The van der Waals surface area contributed by atoms with Crippen LogP contribution in [-0.4, -0.2) is 39.2 Å². The van der Waals surface area contributed by atoms with Crippen molar-refractivity contribution in [1.29, 1.82) is 0 Å². The molecule has 3 aromatic rings. The molecule has 1 fully saturated rings. The number of hydrogen-bond acceptors (Lipinski definition) is 4. The van der Waals surface area contributed by atoms with Crippen molar-refractivity contribution in [2.45, 2.75) is 45.6 Å². The number of ether oxygens (including phenoxy) is 1. The second kappa shape index (κ2) is 10.7. The molecule has 0 radical (unpaired) electrons. The van der Waals surface area contributed by atoms with Crippen molar-refractivity contribution in [2.24, 2.45) is 11.8 Å². The molecule has 0 bridgehead atoms. The summed E-state index contributed by atoms with van der Waals surface area (Å²) in [5.41, 5.74) is 5.29. The van der Waals surface area contributed by atoms with Gasteiger partial charge >= 0.3 is 5.97 Å². The number of nitrogens with zero attached hydrogens (tertiary/aromatic N) is 2. The van der Waals surface area contributed by atoms with Crippen LogP contribution in [0.5, 0.6) is 5.75 Å². The maximum absolute atomic E-state index is 10.7. The normalized spacial score (nSPS) is 18.3. The first-order valence-corrected chi connectivity index (χ1v) is 11.8. The number of aromatic hydroxyl groups is 1. The molecule has 1 aliphatic carbocycles. The minimum absolute atomic E-state index is 0.215. The highest BCUT2D eigenvalue weighted by atomic mass is 16.5. The summed E-state index contributed by atoms with van der Waals surface area (Å²) >= 11 is 0. The number of benzene rings is 2. The Morgan fingerprint density at radius 2 is 1.73 bits per heavy atom. The minimum Gasteiger partial charge on any atom is -0.508 e. The number of phenols is 1. The van der Waals surface area contributed by atoms with E-state index in [1.807, 2.05) is 36.4 Å². The van der Waals surface area contributed by atoms with Crippen LogP contribution in [-0.2, 0) is 22.5 Å². The highest BCUT2D eigenvalue weighted by Crippen LogP contribution is 2.37. The summed E-state index contributed by atoms with van der Waals surface area (Å²) in [7, 11) is 0. The summed E-state index contributed by atoms with van der Waals surface area (Å²) in [5.74, 6) is 0.314. The van der Waals surface area contributed by atoms with Crippen molar-refractivity contribution in [3.8, 4) is 28.1 Å². The average molecular weight is 449 g/mol. The van der Waals surface area contributed by atoms with Crippen LogP contribution >= 0.6 is 0 Å². The lowest BCUT2D eigenvalue weighted by Gasteiger charge is -2.28. The van der Waals surface area contributed by atoms with Gasteiger partial charge in [-0.05, 0) is 61.6 Å². The Bertz CT molecular complexity index is 1070. The van der Waals surface area contributed by atoms with Crippen LogP contribution in [0.25, 0.3) is 22.4 Å². The molecule has 1 heterocycles. The van der Waals surface area contributed by atoms with Crippen molar-refractivity contribution in [3.63, 3.8) is 0 Å². The summed E-state index contributed by atoms with van der Waals surface area (Å²) < 4.78 is 7.49. The molecule has 1 aromatic heterocycles. The third kappa shape index (κ3) is 5.63. The minimum atomic E-state index is -0.911. The van der Waals surface area contributed by atoms with Gasteiger partial charge in [0, 0.05) is 23.4 Å². The Balaban J connectivity index is 1.56. The molecular weight excluding hydrogens is 416 g/mol. The monoisotopic (exact) mass is 448 g/mol. The molecule has 0 unspecified atom stereocenters. The Morgan fingerprint density at radius 3 is 2.39 bits per heavy atom. The summed E-state index contributed by atoms with van der Waals surface area (Å²) in [4.78, 5) is 10.7. The number of phenolic OH excluding ortho intramolecular Hbond substituents is 1. The molecule has 6 heteroatoms. The predicted molar refractivity (Wildman–Crippen MR) is 128 cm³/mol. The van der Waals surface area contributed by atoms with E-state index < -0.39 is 5.97 Å². The molecule has 1 saturated carbocycles. The number of carboxylic acids is 1. The fourth-order valence-corrected chi connectivity index (χ4v) is 4.91. The van der Waals surface area contributed by atoms with Gasteiger partial charge in [-0.1, -0.05) is 49.4 Å². The van der Waals surface area contributed by atoms with Crippen LogP contribution in [0, 0.1) is 11.8 Å². The molecule has 0 aliphatic heterocycles.